The molecule has 0 aromatic carbocycles. The van der Waals surface area contributed by atoms with E-state index in [0.29, 0.717) is 6.04 Å². The normalized spacial score (nSPS) is 21.1. The molecular formula is C12H20N4. The van der Waals surface area contributed by atoms with Crippen LogP contribution in [0.1, 0.15) is 25.0 Å². The molecule has 1 unspecified atom stereocenters. The predicted octanol–water partition coefficient (Wildman–Crippen LogP) is 1.36. The zero-order chi connectivity index (χ0) is 11.4. The zero-order valence-electron chi connectivity index (χ0n) is 10.1. The summed E-state index contributed by atoms with van der Waals surface area (Å²) in [5, 5.41) is 3.25. The number of anilines is 1. The van der Waals surface area contributed by atoms with Gasteiger partial charge in [-0.25, -0.2) is 9.97 Å². The van der Waals surface area contributed by atoms with Gasteiger partial charge in [0.2, 0.25) is 5.95 Å². The summed E-state index contributed by atoms with van der Waals surface area (Å²) < 4.78 is 0. The maximum absolute atomic E-state index is 4.52. The molecule has 1 atom stereocenters. The maximum atomic E-state index is 4.52. The molecule has 0 saturated carbocycles. The molecule has 1 N–H and O–H groups in total. The minimum absolute atomic E-state index is 0.542. The van der Waals surface area contributed by atoms with Crippen molar-refractivity contribution < 1.29 is 0 Å². The lowest BCUT2D eigenvalue weighted by Gasteiger charge is -2.35. The van der Waals surface area contributed by atoms with Gasteiger partial charge in [-0.2, -0.15) is 0 Å². The Balaban J connectivity index is 2.16. The lowest BCUT2D eigenvalue weighted by atomic mass is 10.0. The molecule has 2 heterocycles. The van der Waals surface area contributed by atoms with Crippen molar-refractivity contribution in [3.63, 3.8) is 0 Å². The number of aromatic nitrogens is 2. The monoisotopic (exact) mass is 220 g/mol. The third-order valence-electron chi connectivity index (χ3n) is 3.11. The minimum atomic E-state index is 0.542. The first-order valence-corrected chi connectivity index (χ1v) is 6.02. The first-order valence-electron chi connectivity index (χ1n) is 6.02. The standard InChI is InChI=1S/C12H20N4/c1-10-6-7-14-12(15-10)16-8-4-3-5-11(16)9-13-2/h6-7,11,13H,3-5,8-9H2,1-2H3. The summed E-state index contributed by atoms with van der Waals surface area (Å²) in [7, 11) is 2.00. The highest BCUT2D eigenvalue weighted by Crippen LogP contribution is 2.21. The molecule has 4 nitrogen and oxygen atoms in total. The highest BCUT2D eigenvalue weighted by Gasteiger charge is 2.23. The third-order valence-corrected chi connectivity index (χ3v) is 3.11. The summed E-state index contributed by atoms with van der Waals surface area (Å²) >= 11 is 0. The Morgan fingerprint density at radius 3 is 3.12 bits per heavy atom. The Morgan fingerprint density at radius 2 is 2.38 bits per heavy atom. The van der Waals surface area contributed by atoms with Gasteiger partial charge in [0.25, 0.3) is 0 Å². The van der Waals surface area contributed by atoms with Crippen LogP contribution >= 0.6 is 0 Å². The molecule has 0 amide bonds. The summed E-state index contributed by atoms with van der Waals surface area (Å²) in [5.74, 6) is 0.889. The second-order valence-electron chi connectivity index (χ2n) is 4.40. The average Bonchev–Trinajstić information content (AvgIpc) is 2.30. The van der Waals surface area contributed by atoms with E-state index in [0.717, 1.165) is 24.7 Å². The van der Waals surface area contributed by atoms with Gasteiger partial charge in [0.1, 0.15) is 0 Å². The largest absolute Gasteiger partial charge is 0.337 e. The van der Waals surface area contributed by atoms with Gasteiger partial charge in [0.05, 0.1) is 0 Å². The summed E-state index contributed by atoms with van der Waals surface area (Å²) in [6.45, 7) is 4.11. The Morgan fingerprint density at radius 1 is 1.50 bits per heavy atom. The van der Waals surface area contributed by atoms with Gasteiger partial charge in [-0.1, -0.05) is 0 Å². The van der Waals surface area contributed by atoms with Crippen molar-refractivity contribution in [1.82, 2.24) is 15.3 Å². The van der Waals surface area contributed by atoms with E-state index in [4.69, 9.17) is 0 Å². The molecule has 0 spiro atoms. The van der Waals surface area contributed by atoms with Gasteiger partial charge in [0.15, 0.2) is 0 Å². The van der Waals surface area contributed by atoms with Crippen molar-refractivity contribution in [2.45, 2.75) is 32.2 Å². The fraction of sp³-hybridized carbons (Fsp3) is 0.667. The summed E-state index contributed by atoms with van der Waals surface area (Å²) in [6, 6.07) is 2.49. The van der Waals surface area contributed by atoms with Gasteiger partial charge in [-0.05, 0) is 39.3 Å². The van der Waals surface area contributed by atoms with E-state index in [2.05, 4.69) is 20.2 Å². The van der Waals surface area contributed by atoms with Crippen LogP contribution in [-0.2, 0) is 0 Å². The number of piperidine rings is 1. The van der Waals surface area contributed by atoms with E-state index in [9.17, 15) is 0 Å². The summed E-state index contributed by atoms with van der Waals surface area (Å²) in [5.41, 5.74) is 1.04. The highest BCUT2D eigenvalue weighted by atomic mass is 15.3. The molecule has 1 aromatic heterocycles. The maximum Gasteiger partial charge on any atom is 0.225 e. The molecule has 4 heteroatoms. The van der Waals surface area contributed by atoms with Gasteiger partial charge in [-0.3, -0.25) is 0 Å². The smallest absolute Gasteiger partial charge is 0.225 e. The minimum Gasteiger partial charge on any atom is -0.337 e. The summed E-state index contributed by atoms with van der Waals surface area (Å²) in [6.07, 6.45) is 5.65. The molecule has 16 heavy (non-hydrogen) atoms. The molecule has 1 aliphatic heterocycles. The quantitative estimate of drug-likeness (QED) is 0.835. The van der Waals surface area contributed by atoms with Crippen molar-refractivity contribution in [2.24, 2.45) is 0 Å². The van der Waals surface area contributed by atoms with Crippen LogP contribution in [0.3, 0.4) is 0 Å². The van der Waals surface area contributed by atoms with Crippen LogP contribution in [0.4, 0.5) is 5.95 Å². The van der Waals surface area contributed by atoms with Gasteiger partial charge >= 0.3 is 0 Å². The number of hydrogen-bond donors (Lipinski definition) is 1. The molecule has 1 aliphatic rings. The third kappa shape index (κ3) is 2.50. The molecule has 2 rings (SSSR count). The number of hydrogen-bond acceptors (Lipinski definition) is 4. The SMILES string of the molecule is CNCC1CCCCN1c1nccc(C)n1. The molecule has 0 aliphatic carbocycles. The molecule has 0 radical (unpaired) electrons. The molecule has 1 aromatic rings. The van der Waals surface area contributed by atoms with E-state index in [1.807, 2.05) is 26.2 Å². The van der Waals surface area contributed by atoms with E-state index >= 15 is 0 Å². The molecule has 1 saturated heterocycles. The Labute approximate surface area is 97.1 Å². The highest BCUT2D eigenvalue weighted by molar-refractivity contribution is 5.32. The van der Waals surface area contributed by atoms with Gasteiger partial charge < -0.3 is 10.2 Å². The average molecular weight is 220 g/mol. The van der Waals surface area contributed by atoms with E-state index in [1.165, 1.54) is 19.3 Å². The van der Waals surface area contributed by atoms with Crippen molar-refractivity contribution in [1.29, 1.82) is 0 Å². The zero-order valence-corrected chi connectivity index (χ0v) is 10.1. The van der Waals surface area contributed by atoms with Crippen molar-refractivity contribution >= 4 is 5.95 Å². The molecular weight excluding hydrogens is 200 g/mol. The van der Waals surface area contributed by atoms with Gasteiger partial charge in [-0.15, -0.1) is 0 Å². The molecule has 88 valence electrons. The predicted molar refractivity (Wildman–Crippen MR) is 65.7 cm³/mol. The van der Waals surface area contributed by atoms with E-state index < -0.39 is 0 Å². The fourth-order valence-corrected chi connectivity index (χ4v) is 2.29. The fourth-order valence-electron chi connectivity index (χ4n) is 2.29. The second-order valence-corrected chi connectivity index (χ2v) is 4.40. The number of nitrogens with one attached hydrogen (secondary N) is 1. The van der Waals surface area contributed by atoms with Crippen molar-refractivity contribution in [2.75, 3.05) is 25.0 Å². The van der Waals surface area contributed by atoms with Gasteiger partial charge in [0, 0.05) is 31.0 Å². The van der Waals surface area contributed by atoms with Crippen molar-refractivity contribution in [3.05, 3.63) is 18.0 Å². The van der Waals surface area contributed by atoms with Crippen LogP contribution < -0.4 is 10.2 Å². The number of likely N-dealkylation sites (N-methyl/N-ethyl adjacent to an activating group) is 1. The van der Waals surface area contributed by atoms with Crippen LogP contribution in [0, 0.1) is 6.92 Å². The van der Waals surface area contributed by atoms with Crippen LogP contribution in [-0.4, -0.2) is 36.1 Å². The summed E-state index contributed by atoms with van der Waals surface area (Å²) in [4.78, 5) is 11.2. The van der Waals surface area contributed by atoms with Crippen LogP contribution in [0.15, 0.2) is 12.3 Å². The van der Waals surface area contributed by atoms with Crippen LogP contribution in [0.2, 0.25) is 0 Å². The number of aryl methyl sites for hydroxylation is 1. The first-order chi connectivity index (χ1) is 7.81. The Bertz CT molecular complexity index is 338. The first kappa shape index (κ1) is 11.3. The lowest BCUT2D eigenvalue weighted by Crippen LogP contribution is -2.45. The molecule has 0 bridgehead atoms. The Hall–Kier alpha value is -1.16. The van der Waals surface area contributed by atoms with Crippen LogP contribution in [0.25, 0.3) is 0 Å². The second kappa shape index (κ2) is 5.25. The topological polar surface area (TPSA) is 41.0 Å². The lowest BCUT2D eigenvalue weighted by molar-refractivity contribution is 0.440. The van der Waals surface area contributed by atoms with Crippen LogP contribution in [0.5, 0.6) is 0 Å². The number of rotatable bonds is 3. The number of nitrogens with zero attached hydrogens (tertiary/aromatic N) is 3. The molecule has 1 fully saturated rings. The van der Waals surface area contributed by atoms with E-state index in [-0.39, 0.29) is 0 Å². The Kier molecular flexibility index (Phi) is 3.72. The van der Waals surface area contributed by atoms with Crippen molar-refractivity contribution in [3.8, 4) is 0 Å². The van der Waals surface area contributed by atoms with E-state index in [1.54, 1.807) is 0 Å².